The molecule has 1 amide bonds. The molecular formula is C18H18N2O2. The van der Waals surface area contributed by atoms with Gasteiger partial charge in [-0.2, -0.15) is 0 Å². The highest BCUT2D eigenvalue weighted by atomic mass is 16.5. The summed E-state index contributed by atoms with van der Waals surface area (Å²) in [6, 6.07) is 17.7. The highest BCUT2D eigenvalue weighted by molar-refractivity contribution is 5.80. The molecule has 0 atom stereocenters. The molecular weight excluding hydrogens is 276 g/mol. The molecule has 3 aromatic rings. The van der Waals surface area contributed by atoms with Gasteiger partial charge in [-0.15, -0.1) is 0 Å². The zero-order valence-corrected chi connectivity index (χ0v) is 12.2. The second kappa shape index (κ2) is 6.80. The summed E-state index contributed by atoms with van der Waals surface area (Å²) in [6.07, 6.45) is 2.73. The number of hydrogen-bond acceptors (Lipinski definition) is 2. The fraction of sp³-hybridized carbons (Fsp3) is 0.167. The van der Waals surface area contributed by atoms with Gasteiger partial charge >= 0.3 is 0 Å². The van der Waals surface area contributed by atoms with Crippen LogP contribution in [0, 0.1) is 0 Å². The number of aromatic nitrogens is 1. The van der Waals surface area contributed by atoms with Crippen LogP contribution in [0.1, 0.15) is 5.56 Å². The predicted molar refractivity (Wildman–Crippen MR) is 86.9 cm³/mol. The molecule has 0 bridgehead atoms. The average Bonchev–Trinajstić information content (AvgIpc) is 3.02. The van der Waals surface area contributed by atoms with E-state index < -0.39 is 0 Å². The second-order valence-corrected chi connectivity index (χ2v) is 5.10. The van der Waals surface area contributed by atoms with Crippen LogP contribution in [-0.4, -0.2) is 24.0 Å². The molecule has 3 rings (SSSR count). The number of nitrogens with one attached hydrogen (secondary N) is 2. The number of ether oxygens (including phenoxy) is 1. The van der Waals surface area contributed by atoms with E-state index in [9.17, 15) is 4.79 Å². The van der Waals surface area contributed by atoms with E-state index in [-0.39, 0.29) is 12.5 Å². The minimum absolute atomic E-state index is 0.0413. The third-order valence-electron chi connectivity index (χ3n) is 3.47. The van der Waals surface area contributed by atoms with Crippen LogP contribution in [0.3, 0.4) is 0 Å². The van der Waals surface area contributed by atoms with E-state index in [1.165, 1.54) is 10.9 Å². The van der Waals surface area contributed by atoms with Gasteiger partial charge in [0, 0.05) is 18.3 Å². The van der Waals surface area contributed by atoms with Crippen LogP contribution in [0.2, 0.25) is 0 Å². The molecule has 4 nitrogen and oxygen atoms in total. The predicted octanol–water partition coefficient (Wildman–Crippen LogP) is 2.91. The molecule has 0 aliphatic heterocycles. The number of aromatic amines is 1. The van der Waals surface area contributed by atoms with Gasteiger partial charge in [0.05, 0.1) is 0 Å². The van der Waals surface area contributed by atoms with Crippen molar-refractivity contribution in [2.24, 2.45) is 0 Å². The lowest BCUT2D eigenvalue weighted by atomic mass is 10.1. The fourth-order valence-corrected chi connectivity index (χ4v) is 2.31. The molecule has 4 heteroatoms. The summed E-state index contributed by atoms with van der Waals surface area (Å²) < 4.78 is 5.40. The number of para-hydroxylation sites is 1. The topological polar surface area (TPSA) is 54.1 Å². The van der Waals surface area contributed by atoms with Gasteiger partial charge in [0.1, 0.15) is 5.75 Å². The van der Waals surface area contributed by atoms with E-state index in [4.69, 9.17) is 4.74 Å². The molecule has 0 saturated carbocycles. The Labute approximate surface area is 129 Å². The first-order valence-electron chi connectivity index (χ1n) is 7.32. The van der Waals surface area contributed by atoms with Crippen molar-refractivity contribution >= 4 is 16.8 Å². The van der Waals surface area contributed by atoms with Crippen molar-refractivity contribution in [3.8, 4) is 5.75 Å². The maximum absolute atomic E-state index is 11.7. The lowest BCUT2D eigenvalue weighted by molar-refractivity contribution is -0.123. The number of H-pyrrole nitrogens is 1. The van der Waals surface area contributed by atoms with Crippen molar-refractivity contribution in [2.45, 2.75) is 6.42 Å². The number of carbonyl (C=O) groups excluding carboxylic acids is 1. The molecule has 2 aromatic carbocycles. The maximum atomic E-state index is 11.7. The Hall–Kier alpha value is -2.75. The van der Waals surface area contributed by atoms with Crippen molar-refractivity contribution in [3.63, 3.8) is 0 Å². The van der Waals surface area contributed by atoms with Crippen LogP contribution >= 0.6 is 0 Å². The van der Waals surface area contributed by atoms with Gasteiger partial charge < -0.3 is 15.0 Å². The maximum Gasteiger partial charge on any atom is 0.257 e. The molecule has 0 radical (unpaired) electrons. The molecule has 22 heavy (non-hydrogen) atoms. The zero-order chi connectivity index (χ0) is 15.2. The standard InChI is InChI=1S/C18H18N2O2/c21-18(13-22-16-4-2-1-3-5-16)20-10-8-14-6-7-15-9-11-19-17(15)12-14/h1-7,9,11-12,19H,8,10,13H2,(H,20,21). The molecule has 1 heterocycles. The van der Waals surface area contributed by atoms with Crippen LogP contribution in [0.5, 0.6) is 5.75 Å². The molecule has 0 aliphatic rings. The first kappa shape index (κ1) is 14.2. The van der Waals surface area contributed by atoms with Gasteiger partial charge in [0.25, 0.3) is 5.91 Å². The first-order chi connectivity index (χ1) is 10.8. The number of rotatable bonds is 6. The first-order valence-corrected chi connectivity index (χ1v) is 7.32. The van der Waals surface area contributed by atoms with E-state index in [2.05, 4.69) is 28.5 Å². The smallest absolute Gasteiger partial charge is 0.257 e. The Morgan fingerprint density at radius 2 is 1.95 bits per heavy atom. The van der Waals surface area contributed by atoms with Crippen molar-refractivity contribution in [2.75, 3.05) is 13.2 Å². The van der Waals surface area contributed by atoms with Gasteiger partial charge in [0.15, 0.2) is 6.61 Å². The van der Waals surface area contributed by atoms with E-state index in [1.807, 2.05) is 42.6 Å². The minimum atomic E-state index is -0.107. The monoisotopic (exact) mass is 294 g/mol. The average molecular weight is 294 g/mol. The highest BCUT2D eigenvalue weighted by Crippen LogP contribution is 2.14. The number of carbonyl (C=O) groups is 1. The molecule has 0 unspecified atom stereocenters. The number of fused-ring (bicyclic) bond motifs is 1. The van der Waals surface area contributed by atoms with Crippen molar-refractivity contribution in [3.05, 3.63) is 66.4 Å². The van der Waals surface area contributed by atoms with Gasteiger partial charge in [0.2, 0.25) is 0 Å². The van der Waals surface area contributed by atoms with Crippen molar-refractivity contribution < 1.29 is 9.53 Å². The van der Waals surface area contributed by atoms with Crippen molar-refractivity contribution in [1.82, 2.24) is 10.3 Å². The summed E-state index contributed by atoms with van der Waals surface area (Å²) in [7, 11) is 0. The van der Waals surface area contributed by atoms with Crippen LogP contribution in [0.4, 0.5) is 0 Å². The summed E-state index contributed by atoms with van der Waals surface area (Å²) in [5.41, 5.74) is 2.32. The molecule has 1 aromatic heterocycles. The minimum Gasteiger partial charge on any atom is -0.484 e. The number of benzene rings is 2. The summed E-state index contributed by atoms with van der Waals surface area (Å²) in [5.74, 6) is 0.597. The van der Waals surface area contributed by atoms with E-state index in [1.54, 1.807) is 0 Å². The van der Waals surface area contributed by atoms with E-state index in [0.29, 0.717) is 12.3 Å². The SMILES string of the molecule is O=C(COc1ccccc1)NCCc1ccc2cc[nH]c2c1. The van der Waals surface area contributed by atoms with E-state index >= 15 is 0 Å². The summed E-state index contributed by atoms with van der Waals surface area (Å²) in [6.45, 7) is 0.642. The molecule has 0 fully saturated rings. The molecule has 0 spiro atoms. The Morgan fingerprint density at radius 3 is 2.82 bits per heavy atom. The highest BCUT2D eigenvalue weighted by Gasteiger charge is 2.03. The lowest BCUT2D eigenvalue weighted by Crippen LogP contribution is -2.30. The van der Waals surface area contributed by atoms with Crippen LogP contribution in [-0.2, 0) is 11.2 Å². The summed E-state index contributed by atoms with van der Waals surface area (Å²) in [4.78, 5) is 14.9. The van der Waals surface area contributed by atoms with Crippen molar-refractivity contribution in [1.29, 1.82) is 0 Å². The van der Waals surface area contributed by atoms with E-state index in [0.717, 1.165) is 11.9 Å². The Morgan fingerprint density at radius 1 is 1.09 bits per heavy atom. The molecule has 2 N–H and O–H groups in total. The summed E-state index contributed by atoms with van der Waals surface area (Å²) in [5, 5.41) is 4.07. The van der Waals surface area contributed by atoms with Gasteiger partial charge in [-0.05, 0) is 41.6 Å². The fourth-order valence-electron chi connectivity index (χ4n) is 2.31. The second-order valence-electron chi connectivity index (χ2n) is 5.10. The normalized spacial score (nSPS) is 10.5. The number of hydrogen-bond donors (Lipinski definition) is 2. The zero-order valence-electron chi connectivity index (χ0n) is 12.2. The molecule has 0 aliphatic carbocycles. The Bertz CT molecular complexity index is 750. The quantitative estimate of drug-likeness (QED) is 0.734. The lowest BCUT2D eigenvalue weighted by Gasteiger charge is -2.07. The number of amides is 1. The van der Waals surface area contributed by atoms with Gasteiger partial charge in [-0.1, -0.05) is 30.3 Å². The largest absolute Gasteiger partial charge is 0.484 e. The van der Waals surface area contributed by atoms with Gasteiger partial charge in [-0.25, -0.2) is 0 Å². The molecule has 112 valence electrons. The third kappa shape index (κ3) is 3.67. The third-order valence-corrected chi connectivity index (χ3v) is 3.47. The Balaban J connectivity index is 1.43. The Kier molecular flexibility index (Phi) is 4.39. The van der Waals surface area contributed by atoms with Crippen LogP contribution < -0.4 is 10.1 Å². The summed E-state index contributed by atoms with van der Waals surface area (Å²) >= 11 is 0. The van der Waals surface area contributed by atoms with Crippen LogP contribution in [0.25, 0.3) is 10.9 Å². The van der Waals surface area contributed by atoms with Crippen LogP contribution in [0.15, 0.2) is 60.8 Å². The van der Waals surface area contributed by atoms with Gasteiger partial charge in [-0.3, -0.25) is 4.79 Å². The molecule has 0 saturated heterocycles.